The van der Waals surface area contributed by atoms with Gasteiger partial charge in [-0.25, -0.2) is 0 Å². The highest BCUT2D eigenvalue weighted by atomic mass is 19.4. The van der Waals surface area contributed by atoms with Crippen LogP contribution in [0.5, 0.6) is 0 Å². The first-order valence-electron chi connectivity index (χ1n) is 9.22. The fourth-order valence-corrected chi connectivity index (χ4v) is 3.78. The van der Waals surface area contributed by atoms with E-state index in [1.807, 2.05) is 0 Å². The Morgan fingerprint density at radius 3 is 2.35 bits per heavy atom. The van der Waals surface area contributed by atoms with E-state index in [1.165, 1.54) is 0 Å². The van der Waals surface area contributed by atoms with Gasteiger partial charge >= 0.3 is 12.4 Å². The van der Waals surface area contributed by atoms with Gasteiger partial charge < -0.3 is 9.64 Å². The van der Waals surface area contributed by atoms with Crippen LogP contribution in [-0.2, 0) is 17.1 Å². The zero-order chi connectivity index (χ0) is 22.6. The molecule has 1 spiro atoms. The van der Waals surface area contributed by atoms with E-state index in [2.05, 4.69) is 5.10 Å². The Hall–Kier alpha value is -2.89. The van der Waals surface area contributed by atoms with Gasteiger partial charge in [0, 0.05) is 12.7 Å². The minimum atomic E-state index is -5.06. The summed E-state index contributed by atoms with van der Waals surface area (Å²) in [5.74, 6) is -1.07. The number of ether oxygens (including phenoxy) is 1. The number of carbonyl (C=O) groups is 1. The van der Waals surface area contributed by atoms with Crippen LogP contribution in [0.25, 0.3) is 5.69 Å². The molecule has 1 aromatic heterocycles. The Bertz CT molecular complexity index is 1080. The van der Waals surface area contributed by atoms with Gasteiger partial charge in [0.2, 0.25) is 0 Å². The molecule has 6 nitrogen and oxygen atoms in total. The fourth-order valence-electron chi connectivity index (χ4n) is 3.78. The molecule has 31 heavy (non-hydrogen) atoms. The Labute approximate surface area is 171 Å². The molecular weight excluding hydrogens is 432 g/mol. The average molecular weight is 447 g/mol. The lowest BCUT2D eigenvalue weighted by Gasteiger charge is -2.46. The van der Waals surface area contributed by atoms with Gasteiger partial charge in [-0.1, -0.05) is 6.07 Å². The van der Waals surface area contributed by atoms with Crippen LogP contribution in [-0.4, -0.2) is 45.9 Å². The predicted octanol–water partition coefficient (Wildman–Crippen LogP) is 3.28. The number of hydrogen-bond acceptors (Lipinski definition) is 4. The normalized spacial score (nSPS) is 18.3. The third-order valence-electron chi connectivity index (χ3n) is 5.29. The highest BCUT2D eigenvalue weighted by molar-refractivity contribution is 5.94. The van der Waals surface area contributed by atoms with Crippen molar-refractivity contribution in [1.29, 1.82) is 0 Å². The van der Waals surface area contributed by atoms with Gasteiger partial charge in [0.05, 0.1) is 29.9 Å². The lowest BCUT2D eigenvalue weighted by atomic mass is 9.90. The van der Waals surface area contributed by atoms with Gasteiger partial charge in [-0.15, -0.1) is 0 Å². The standard InChI is InChI=1S/C19H15F6N3O3/c20-18(21,22)11-3-1-4-12(7-11)28-14(29)8-13(19(23,24)25)15(26-28)16(30)27-9-17(10-27)5-2-6-31-17/h1,3-4,7-8H,2,5-6,9-10H2. The first-order chi connectivity index (χ1) is 14.4. The molecule has 0 aliphatic carbocycles. The molecular formula is C19H15F6N3O3. The SMILES string of the molecule is O=C(c1nn(-c2cccc(C(F)(F)F)c2)c(=O)cc1C(F)(F)F)N1CC2(CCCO2)C1. The summed E-state index contributed by atoms with van der Waals surface area (Å²) >= 11 is 0. The van der Waals surface area contributed by atoms with Gasteiger partial charge in [0.1, 0.15) is 5.60 Å². The van der Waals surface area contributed by atoms with Gasteiger partial charge in [0.15, 0.2) is 5.69 Å². The molecule has 0 saturated carbocycles. The van der Waals surface area contributed by atoms with Crippen LogP contribution < -0.4 is 5.56 Å². The molecule has 2 saturated heterocycles. The molecule has 0 bridgehead atoms. The van der Waals surface area contributed by atoms with Crippen LogP contribution in [0.3, 0.4) is 0 Å². The van der Waals surface area contributed by atoms with E-state index < -0.39 is 51.9 Å². The topological polar surface area (TPSA) is 64.4 Å². The molecule has 0 N–H and O–H groups in total. The zero-order valence-electron chi connectivity index (χ0n) is 15.8. The number of likely N-dealkylation sites (tertiary alicyclic amines) is 1. The minimum absolute atomic E-state index is 0.0769. The first kappa shape index (κ1) is 21.3. The Morgan fingerprint density at radius 1 is 1.06 bits per heavy atom. The number of carbonyl (C=O) groups excluding carboxylic acids is 1. The maximum absolute atomic E-state index is 13.5. The summed E-state index contributed by atoms with van der Waals surface area (Å²) in [5, 5.41) is 3.53. The Morgan fingerprint density at radius 2 is 1.77 bits per heavy atom. The summed E-state index contributed by atoms with van der Waals surface area (Å²) in [5.41, 5.74) is -6.03. The average Bonchev–Trinajstić information content (AvgIpc) is 3.15. The van der Waals surface area contributed by atoms with E-state index in [-0.39, 0.29) is 19.2 Å². The number of rotatable bonds is 2. The second-order valence-corrected chi connectivity index (χ2v) is 7.50. The van der Waals surface area contributed by atoms with E-state index in [1.54, 1.807) is 0 Å². The third kappa shape index (κ3) is 3.91. The van der Waals surface area contributed by atoms with Crippen molar-refractivity contribution in [2.24, 2.45) is 0 Å². The molecule has 1 amide bonds. The molecule has 0 atom stereocenters. The van der Waals surface area contributed by atoms with Crippen molar-refractivity contribution in [2.75, 3.05) is 19.7 Å². The Kier molecular flexibility index (Phi) is 4.87. The van der Waals surface area contributed by atoms with E-state index in [0.29, 0.717) is 23.8 Å². The summed E-state index contributed by atoms with van der Waals surface area (Å²) in [6, 6.07) is 3.55. The molecule has 3 heterocycles. The largest absolute Gasteiger partial charge is 0.418 e. The highest BCUT2D eigenvalue weighted by Crippen LogP contribution is 2.37. The predicted molar refractivity (Wildman–Crippen MR) is 93.7 cm³/mol. The van der Waals surface area contributed by atoms with E-state index >= 15 is 0 Å². The fraction of sp³-hybridized carbons (Fsp3) is 0.421. The molecule has 0 unspecified atom stereocenters. The zero-order valence-corrected chi connectivity index (χ0v) is 15.8. The van der Waals surface area contributed by atoms with Crippen LogP contribution in [0.1, 0.15) is 34.5 Å². The minimum Gasteiger partial charge on any atom is -0.371 e. The maximum atomic E-state index is 13.5. The van der Waals surface area contributed by atoms with Crippen LogP contribution in [0.2, 0.25) is 0 Å². The number of halogens is 6. The molecule has 2 aromatic rings. The van der Waals surface area contributed by atoms with E-state index in [9.17, 15) is 35.9 Å². The maximum Gasteiger partial charge on any atom is 0.418 e. The monoisotopic (exact) mass is 447 g/mol. The number of hydrogen-bond donors (Lipinski definition) is 0. The molecule has 2 fully saturated rings. The van der Waals surface area contributed by atoms with Crippen molar-refractivity contribution >= 4 is 5.91 Å². The Balaban J connectivity index is 1.76. The second kappa shape index (κ2) is 7.08. The molecule has 1 aromatic carbocycles. The number of amides is 1. The van der Waals surface area contributed by atoms with E-state index in [0.717, 1.165) is 29.5 Å². The molecule has 12 heteroatoms. The van der Waals surface area contributed by atoms with Crippen LogP contribution in [0.15, 0.2) is 35.1 Å². The first-order valence-corrected chi connectivity index (χ1v) is 9.22. The number of aromatic nitrogens is 2. The van der Waals surface area contributed by atoms with Gasteiger partial charge in [-0.2, -0.15) is 36.1 Å². The number of benzene rings is 1. The number of alkyl halides is 6. The highest BCUT2D eigenvalue weighted by Gasteiger charge is 2.50. The molecule has 0 radical (unpaired) electrons. The van der Waals surface area contributed by atoms with Gasteiger partial charge in [0.25, 0.3) is 11.5 Å². The van der Waals surface area contributed by atoms with Crippen molar-refractivity contribution in [1.82, 2.24) is 14.7 Å². The summed E-state index contributed by atoms with van der Waals surface area (Å²) in [6.45, 7) is 0.648. The van der Waals surface area contributed by atoms with E-state index in [4.69, 9.17) is 4.74 Å². The van der Waals surface area contributed by atoms with Crippen molar-refractivity contribution < 1.29 is 35.9 Å². The summed E-state index contributed by atoms with van der Waals surface area (Å²) < 4.78 is 85.3. The molecule has 2 aliphatic rings. The molecule has 4 rings (SSSR count). The van der Waals surface area contributed by atoms with Crippen molar-refractivity contribution in [3.05, 3.63) is 57.5 Å². The smallest absolute Gasteiger partial charge is 0.371 e. The summed E-state index contributed by atoms with van der Waals surface area (Å²) in [7, 11) is 0. The lowest BCUT2D eigenvalue weighted by molar-refractivity contribution is -0.139. The molecule has 2 aliphatic heterocycles. The van der Waals surface area contributed by atoms with Crippen molar-refractivity contribution in [3.63, 3.8) is 0 Å². The number of nitrogens with zero attached hydrogens (tertiary/aromatic N) is 3. The summed E-state index contributed by atoms with van der Waals surface area (Å²) in [4.78, 5) is 26.1. The second-order valence-electron chi connectivity index (χ2n) is 7.50. The quantitative estimate of drug-likeness (QED) is 0.663. The van der Waals surface area contributed by atoms with Gasteiger partial charge in [-0.3, -0.25) is 9.59 Å². The van der Waals surface area contributed by atoms with Crippen LogP contribution in [0, 0.1) is 0 Å². The third-order valence-corrected chi connectivity index (χ3v) is 5.29. The van der Waals surface area contributed by atoms with Gasteiger partial charge in [-0.05, 0) is 31.0 Å². The summed E-state index contributed by atoms with van der Waals surface area (Å²) in [6.07, 6.45) is -8.36. The van der Waals surface area contributed by atoms with Crippen molar-refractivity contribution in [3.8, 4) is 5.69 Å². The lowest BCUT2D eigenvalue weighted by Crippen LogP contribution is -2.63. The molecule has 166 valence electrons. The van der Waals surface area contributed by atoms with Crippen LogP contribution in [0.4, 0.5) is 26.3 Å². The van der Waals surface area contributed by atoms with Crippen LogP contribution >= 0.6 is 0 Å². The van der Waals surface area contributed by atoms with Crippen molar-refractivity contribution in [2.45, 2.75) is 30.8 Å².